The average Bonchev–Trinajstić information content (AvgIpc) is 3.65. The van der Waals surface area contributed by atoms with Crippen LogP contribution in [0.5, 0.6) is 0 Å². The van der Waals surface area contributed by atoms with Gasteiger partial charge in [-0.2, -0.15) is 9.67 Å². The van der Waals surface area contributed by atoms with Crippen LogP contribution >= 0.6 is 0 Å². The lowest BCUT2D eigenvalue weighted by molar-refractivity contribution is -0.125. The van der Waals surface area contributed by atoms with Crippen LogP contribution in [0, 0.1) is 12.8 Å². The second-order valence-electron chi connectivity index (χ2n) is 10.1. The van der Waals surface area contributed by atoms with Crippen LogP contribution in [0.25, 0.3) is 0 Å². The van der Waals surface area contributed by atoms with E-state index in [9.17, 15) is 14.4 Å². The minimum Gasteiger partial charge on any atom is -0.471 e. The Kier molecular flexibility index (Phi) is 6.82. The topological polar surface area (TPSA) is 105 Å². The van der Waals surface area contributed by atoms with Crippen molar-refractivity contribution < 1.29 is 18.8 Å². The highest BCUT2D eigenvalue weighted by molar-refractivity contribution is 5.98. The van der Waals surface area contributed by atoms with Crippen LogP contribution < -0.4 is 4.90 Å². The molecule has 10 nitrogen and oxygen atoms in total. The quantitative estimate of drug-likeness (QED) is 0.525. The van der Waals surface area contributed by atoms with E-state index in [0.29, 0.717) is 36.0 Å². The van der Waals surface area contributed by atoms with Crippen molar-refractivity contribution in [3.63, 3.8) is 0 Å². The zero-order valence-corrected chi connectivity index (χ0v) is 21.5. The molecule has 0 N–H and O–H groups in total. The maximum atomic E-state index is 13.5. The number of hydrogen-bond acceptors (Lipinski definition) is 7. The van der Waals surface area contributed by atoms with Crippen molar-refractivity contribution >= 4 is 23.7 Å². The fourth-order valence-corrected chi connectivity index (χ4v) is 5.23. The number of ketones is 1. The van der Waals surface area contributed by atoms with Gasteiger partial charge in [-0.3, -0.25) is 9.59 Å². The van der Waals surface area contributed by atoms with Crippen LogP contribution in [0.2, 0.25) is 0 Å². The van der Waals surface area contributed by atoms with Gasteiger partial charge in [0.15, 0.2) is 11.6 Å². The van der Waals surface area contributed by atoms with E-state index in [0.717, 1.165) is 31.5 Å². The Balaban J connectivity index is 1.44. The van der Waals surface area contributed by atoms with Gasteiger partial charge in [-0.05, 0) is 31.2 Å². The molecule has 0 radical (unpaired) electrons. The van der Waals surface area contributed by atoms with Crippen molar-refractivity contribution in [2.45, 2.75) is 39.2 Å². The number of piperidine rings is 1. The molecule has 0 bridgehead atoms. The van der Waals surface area contributed by atoms with Crippen LogP contribution in [-0.4, -0.2) is 75.5 Å². The van der Waals surface area contributed by atoms with Gasteiger partial charge in [0.05, 0.1) is 24.3 Å². The third-order valence-corrected chi connectivity index (χ3v) is 7.19. The fraction of sp³-hybridized carbons (Fsp3) is 0.444. The lowest BCUT2D eigenvalue weighted by Crippen LogP contribution is -2.51. The third kappa shape index (κ3) is 4.87. The first kappa shape index (κ1) is 24.7. The zero-order chi connectivity index (χ0) is 26.1. The smallest absolute Gasteiger partial charge is 0.320 e. The lowest BCUT2D eigenvalue weighted by atomic mass is 9.85. The molecule has 2 saturated heterocycles. The number of benzene rings is 1. The summed E-state index contributed by atoms with van der Waals surface area (Å²) in [5, 5.41) is 4.58. The Bertz CT molecular complexity index is 1290. The molecule has 37 heavy (non-hydrogen) atoms. The minimum atomic E-state index is -0.606. The second-order valence-corrected chi connectivity index (χ2v) is 10.1. The van der Waals surface area contributed by atoms with E-state index in [1.807, 2.05) is 54.1 Å². The van der Waals surface area contributed by atoms with Gasteiger partial charge < -0.3 is 19.1 Å². The molecule has 4 heterocycles. The Morgan fingerprint density at radius 3 is 2.49 bits per heavy atom. The predicted octanol–water partition coefficient (Wildman–Crippen LogP) is 3.32. The first-order valence-corrected chi connectivity index (χ1v) is 12.7. The molecule has 194 valence electrons. The van der Waals surface area contributed by atoms with Gasteiger partial charge in [-0.15, -0.1) is 5.10 Å². The fourth-order valence-electron chi connectivity index (χ4n) is 5.23. The molecule has 1 aromatic carbocycles. The highest BCUT2D eigenvalue weighted by Crippen LogP contribution is 2.31. The molecular formula is C27H32N6O4. The average molecular weight is 505 g/mol. The van der Waals surface area contributed by atoms with Crippen molar-refractivity contribution in [3.8, 4) is 0 Å². The van der Waals surface area contributed by atoms with E-state index in [2.05, 4.69) is 5.10 Å². The van der Waals surface area contributed by atoms with E-state index >= 15 is 0 Å². The van der Waals surface area contributed by atoms with Crippen LogP contribution in [0.1, 0.15) is 53.0 Å². The van der Waals surface area contributed by atoms with Gasteiger partial charge in [0.1, 0.15) is 6.26 Å². The third-order valence-electron chi connectivity index (χ3n) is 7.19. The Labute approximate surface area is 215 Å². The molecule has 2 fully saturated rings. The highest BCUT2D eigenvalue weighted by Gasteiger charge is 2.41. The summed E-state index contributed by atoms with van der Waals surface area (Å²) < 4.78 is 6.49. The SMILES string of the molecule is Cc1cocc1C(=O)n1nc(C2C(=O)CN(C(=O)N3CCCC3)CC2C)nc1N(C)Cc1ccccc1. The molecule has 0 spiro atoms. The molecule has 0 saturated carbocycles. The van der Waals surface area contributed by atoms with Gasteiger partial charge in [0.25, 0.3) is 5.91 Å². The van der Waals surface area contributed by atoms with Crippen molar-refractivity contribution in [3.05, 3.63) is 65.4 Å². The van der Waals surface area contributed by atoms with Gasteiger partial charge in [0, 0.05) is 38.8 Å². The van der Waals surface area contributed by atoms with Gasteiger partial charge in [0.2, 0.25) is 5.95 Å². The zero-order valence-electron chi connectivity index (χ0n) is 21.5. The Morgan fingerprint density at radius 2 is 1.84 bits per heavy atom. The summed E-state index contributed by atoms with van der Waals surface area (Å²) in [6.07, 6.45) is 4.90. The molecule has 2 amide bonds. The number of furan rings is 1. The number of carbonyl (C=O) groups excluding carboxylic acids is 3. The van der Waals surface area contributed by atoms with E-state index in [4.69, 9.17) is 9.40 Å². The molecular weight excluding hydrogens is 472 g/mol. The number of rotatable bonds is 5. The molecule has 5 rings (SSSR count). The Hall–Kier alpha value is -3.95. The number of aromatic nitrogens is 3. The van der Waals surface area contributed by atoms with E-state index in [1.165, 1.54) is 17.2 Å². The standard InChI is InChI=1S/C27H32N6O4/c1-18-13-32(27(36)31-11-7-8-12-31)15-22(34)23(18)24-28-26(30(3)14-20-9-5-4-6-10-20)33(29-24)25(35)21-17-37-16-19(21)2/h4-6,9-10,16-18,23H,7-8,11-15H2,1-3H3. The number of amides is 2. The van der Waals surface area contributed by atoms with Gasteiger partial charge in [-0.1, -0.05) is 37.3 Å². The van der Waals surface area contributed by atoms with Crippen molar-refractivity contribution in [2.75, 3.05) is 38.1 Å². The molecule has 3 aromatic rings. The summed E-state index contributed by atoms with van der Waals surface area (Å²) in [7, 11) is 1.84. The number of anilines is 1. The number of hydrogen-bond donors (Lipinski definition) is 0. The Morgan fingerprint density at radius 1 is 1.11 bits per heavy atom. The second kappa shape index (κ2) is 10.2. The van der Waals surface area contributed by atoms with Gasteiger partial charge in [-0.25, -0.2) is 4.79 Å². The van der Waals surface area contributed by atoms with E-state index in [1.54, 1.807) is 11.8 Å². The van der Waals surface area contributed by atoms with Crippen LogP contribution in [0.4, 0.5) is 10.7 Å². The van der Waals surface area contributed by atoms with Crippen LogP contribution in [0.15, 0.2) is 47.3 Å². The highest BCUT2D eigenvalue weighted by atomic mass is 16.3. The number of likely N-dealkylation sites (tertiary alicyclic amines) is 2. The van der Waals surface area contributed by atoms with Crippen molar-refractivity contribution in [1.82, 2.24) is 24.6 Å². The molecule has 0 aliphatic carbocycles. The van der Waals surface area contributed by atoms with Crippen molar-refractivity contribution in [1.29, 1.82) is 0 Å². The lowest BCUT2D eigenvalue weighted by Gasteiger charge is -2.36. The minimum absolute atomic E-state index is 0.0167. The van der Waals surface area contributed by atoms with E-state index < -0.39 is 5.92 Å². The number of Topliss-reactive ketones (excluding diaryl/α,β-unsaturated/α-hetero) is 1. The molecule has 2 aliphatic heterocycles. The first-order valence-electron chi connectivity index (χ1n) is 12.7. The summed E-state index contributed by atoms with van der Waals surface area (Å²) in [5.74, 6) is -0.641. The summed E-state index contributed by atoms with van der Waals surface area (Å²) in [6.45, 7) is 6.15. The number of urea groups is 1. The number of nitrogens with zero attached hydrogens (tertiary/aromatic N) is 6. The molecule has 10 heteroatoms. The molecule has 2 aliphatic rings. The number of carbonyl (C=O) groups is 3. The van der Waals surface area contributed by atoms with Crippen LogP contribution in [0.3, 0.4) is 0 Å². The number of aryl methyl sites for hydroxylation is 1. The van der Waals surface area contributed by atoms with Crippen LogP contribution in [-0.2, 0) is 11.3 Å². The summed E-state index contributed by atoms with van der Waals surface area (Å²) in [6, 6.07) is 9.78. The maximum Gasteiger partial charge on any atom is 0.320 e. The molecule has 2 aromatic heterocycles. The largest absolute Gasteiger partial charge is 0.471 e. The summed E-state index contributed by atoms with van der Waals surface area (Å²) in [4.78, 5) is 49.8. The predicted molar refractivity (Wildman–Crippen MR) is 136 cm³/mol. The first-order chi connectivity index (χ1) is 17.8. The van der Waals surface area contributed by atoms with E-state index in [-0.39, 0.29) is 30.2 Å². The normalized spacial score (nSPS) is 19.9. The monoisotopic (exact) mass is 504 g/mol. The summed E-state index contributed by atoms with van der Waals surface area (Å²) in [5.41, 5.74) is 2.12. The molecule has 2 unspecified atom stereocenters. The summed E-state index contributed by atoms with van der Waals surface area (Å²) >= 11 is 0. The maximum absolute atomic E-state index is 13.5. The van der Waals surface area contributed by atoms with Crippen molar-refractivity contribution in [2.24, 2.45) is 5.92 Å². The molecule has 2 atom stereocenters. The van der Waals surface area contributed by atoms with Gasteiger partial charge >= 0.3 is 6.03 Å².